The molecule has 1 amide bonds. The minimum atomic E-state index is -4.99. The van der Waals surface area contributed by atoms with Crippen molar-refractivity contribution in [3.8, 4) is 0 Å². The Morgan fingerprint density at radius 2 is 2.05 bits per heavy atom. The van der Waals surface area contributed by atoms with Gasteiger partial charge in [-0.2, -0.15) is 23.3 Å². The zero-order chi connectivity index (χ0) is 15.7. The third kappa shape index (κ3) is 2.76. The van der Waals surface area contributed by atoms with Gasteiger partial charge < -0.3 is 5.11 Å². The Morgan fingerprint density at radius 3 is 2.57 bits per heavy atom. The highest BCUT2D eigenvalue weighted by Gasteiger charge is 2.63. The van der Waals surface area contributed by atoms with Gasteiger partial charge in [-0.15, -0.1) is 0 Å². The molecule has 2 rings (SSSR count). The van der Waals surface area contributed by atoms with Crippen LogP contribution in [0.3, 0.4) is 0 Å². The van der Waals surface area contributed by atoms with Crippen LogP contribution in [0.2, 0.25) is 0 Å². The van der Waals surface area contributed by atoms with E-state index in [2.05, 4.69) is 10.1 Å². The number of hydrogen-bond donors (Lipinski definition) is 1. The first-order valence-electron chi connectivity index (χ1n) is 6.39. The Kier molecular flexibility index (Phi) is 3.99. The van der Waals surface area contributed by atoms with Crippen LogP contribution in [0.1, 0.15) is 36.5 Å². The summed E-state index contributed by atoms with van der Waals surface area (Å²) in [6.45, 7) is 1.78. The Labute approximate surface area is 119 Å². The molecule has 0 saturated heterocycles. The van der Waals surface area contributed by atoms with E-state index < -0.39 is 24.2 Å². The van der Waals surface area contributed by atoms with E-state index in [-0.39, 0.29) is 16.3 Å². The molecule has 1 atom stereocenters. The van der Waals surface area contributed by atoms with Gasteiger partial charge in [0.15, 0.2) is 0 Å². The summed E-state index contributed by atoms with van der Waals surface area (Å²) in [5.41, 5.74) is -3.16. The smallest absolute Gasteiger partial charge is 0.362 e. The number of nitrogens with zero attached hydrogens (tertiary/aromatic N) is 3. The molecular formula is C13H14F3N3O2. The number of aromatic nitrogens is 1. The number of pyridine rings is 1. The molecule has 0 bridgehead atoms. The van der Waals surface area contributed by atoms with Gasteiger partial charge in [-0.25, -0.2) is 0 Å². The minimum absolute atomic E-state index is 0.0193. The number of carbonyl (C=O) groups excluding carboxylic acids is 1. The van der Waals surface area contributed by atoms with E-state index in [0.29, 0.717) is 12.8 Å². The SMILES string of the molecule is CCCC1=NN(C(=O)c2ccncc2)C(O)(C(F)(F)F)C1. The zero-order valence-corrected chi connectivity index (χ0v) is 11.3. The van der Waals surface area contributed by atoms with Gasteiger partial charge >= 0.3 is 6.18 Å². The standard InChI is InChI=1S/C13H14F3N3O2/c1-2-3-10-8-12(21,13(14,15)16)19(18-10)11(20)9-4-6-17-7-5-9/h4-7,21H,2-3,8H2,1H3. The van der Waals surface area contributed by atoms with Gasteiger partial charge in [0, 0.05) is 30.1 Å². The monoisotopic (exact) mass is 301 g/mol. The maximum Gasteiger partial charge on any atom is 0.438 e. The largest absolute Gasteiger partial charge is 0.438 e. The van der Waals surface area contributed by atoms with Crippen molar-refractivity contribution in [2.45, 2.75) is 38.1 Å². The molecule has 1 aliphatic rings. The van der Waals surface area contributed by atoms with E-state index in [9.17, 15) is 23.1 Å². The van der Waals surface area contributed by atoms with Crippen LogP contribution < -0.4 is 0 Å². The van der Waals surface area contributed by atoms with E-state index in [4.69, 9.17) is 0 Å². The van der Waals surface area contributed by atoms with Crippen LogP contribution >= 0.6 is 0 Å². The lowest BCUT2D eigenvalue weighted by Gasteiger charge is -2.32. The Morgan fingerprint density at radius 1 is 1.43 bits per heavy atom. The Bertz CT molecular complexity index is 560. The van der Waals surface area contributed by atoms with E-state index in [0.717, 1.165) is 0 Å². The average Bonchev–Trinajstić information content (AvgIpc) is 2.77. The normalized spacial score (nSPS) is 22.3. The molecule has 0 aromatic carbocycles. The van der Waals surface area contributed by atoms with Gasteiger partial charge in [-0.1, -0.05) is 13.3 Å². The van der Waals surface area contributed by atoms with Crippen molar-refractivity contribution >= 4 is 11.6 Å². The fraction of sp³-hybridized carbons (Fsp3) is 0.462. The second-order valence-corrected chi connectivity index (χ2v) is 4.76. The molecule has 0 aliphatic carbocycles. The first-order valence-corrected chi connectivity index (χ1v) is 6.39. The van der Waals surface area contributed by atoms with Gasteiger partial charge in [0.1, 0.15) is 0 Å². The molecule has 8 heteroatoms. The Hall–Kier alpha value is -1.96. The highest BCUT2D eigenvalue weighted by Crippen LogP contribution is 2.41. The first-order chi connectivity index (χ1) is 9.79. The van der Waals surface area contributed by atoms with Gasteiger partial charge in [0.2, 0.25) is 0 Å². The summed E-state index contributed by atoms with van der Waals surface area (Å²) in [5.74, 6) is -1.01. The van der Waals surface area contributed by atoms with Crippen LogP contribution in [-0.2, 0) is 0 Å². The van der Waals surface area contributed by atoms with Crippen molar-refractivity contribution in [2.24, 2.45) is 5.10 Å². The van der Waals surface area contributed by atoms with E-state index >= 15 is 0 Å². The maximum atomic E-state index is 13.2. The molecule has 1 unspecified atom stereocenters. The molecule has 0 fully saturated rings. The van der Waals surface area contributed by atoms with Crippen LogP contribution in [0.5, 0.6) is 0 Å². The number of rotatable bonds is 3. The molecule has 2 heterocycles. The summed E-state index contributed by atoms with van der Waals surface area (Å²) in [5, 5.41) is 13.8. The summed E-state index contributed by atoms with van der Waals surface area (Å²) in [6, 6.07) is 2.54. The fourth-order valence-electron chi connectivity index (χ4n) is 2.10. The predicted molar refractivity (Wildman–Crippen MR) is 68.4 cm³/mol. The lowest BCUT2D eigenvalue weighted by Crippen LogP contribution is -2.56. The van der Waals surface area contributed by atoms with Crippen molar-refractivity contribution in [1.82, 2.24) is 9.99 Å². The van der Waals surface area contributed by atoms with Gasteiger partial charge in [0.25, 0.3) is 11.6 Å². The van der Waals surface area contributed by atoms with Crippen molar-refractivity contribution in [2.75, 3.05) is 0 Å². The van der Waals surface area contributed by atoms with Crippen LogP contribution in [0.15, 0.2) is 29.6 Å². The number of halogens is 3. The van der Waals surface area contributed by atoms with E-state index in [1.807, 2.05) is 0 Å². The average molecular weight is 301 g/mol. The highest BCUT2D eigenvalue weighted by molar-refractivity contribution is 5.98. The molecule has 1 aromatic rings. The third-order valence-electron chi connectivity index (χ3n) is 3.15. The molecule has 0 radical (unpaired) electrons. The topological polar surface area (TPSA) is 65.8 Å². The molecule has 1 aromatic heterocycles. The quantitative estimate of drug-likeness (QED) is 0.932. The third-order valence-corrected chi connectivity index (χ3v) is 3.15. The molecule has 1 aliphatic heterocycles. The molecule has 114 valence electrons. The van der Waals surface area contributed by atoms with Crippen molar-refractivity contribution in [3.05, 3.63) is 30.1 Å². The predicted octanol–water partition coefficient (Wildman–Crippen LogP) is 2.33. The number of alkyl halides is 3. The van der Waals surface area contributed by atoms with Crippen LogP contribution in [0.4, 0.5) is 13.2 Å². The minimum Gasteiger partial charge on any atom is -0.362 e. The van der Waals surface area contributed by atoms with E-state index in [1.54, 1.807) is 6.92 Å². The molecule has 0 saturated carbocycles. The lowest BCUT2D eigenvalue weighted by molar-refractivity contribution is -0.297. The molecule has 21 heavy (non-hydrogen) atoms. The van der Waals surface area contributed by atoms with Crippen LogP contribution in [0.25, 0.3) is 0 Å². The van der Waals surface area contributed by atoms with Crippen molar-refractivity contribution in [3.63, 3.8) is 0 Å². The fourth-order valence-corrected chi connectivity index (χ4v) is 2.10. The van der Waals surface area contributed by atoms with Gasteiger partial charge in [0.05, 0.1) is 0 Å². The summed E-state index contributed by atoms with van der Waals surface area (Å²) in [7, 11) is 0. The second-order valence-electron chi connectivity index (χ2n) is 4.76. The summed E-state index contributed by atoms with van der Waals surface area (Å²) in [6.07, 6.45) is -2.28. The number of amides is 1. The lowest BCUT2D eigenvalue weighted by atomic mass is 10.0. The van der Waals surface area contributed by atoms with Crippen molar-refractivity contribution in [1.29, 1.82) is 0 Å². The molecule has 1 N–H and O–H groups in total. The second kappa shape index (κ2) is 5.44. The van der Waals surface area contributed by atoms with Crippen molar-refractivity contribution < 1.29 is 23.1 Å². The number of carbonyl (C=O) groups is 1. The van der Waals surface area contributed by atoms with Crippen LogP contribution in [-0.4, -0.2) is 38.6 Å². The Balaban J connectivity index is 2.39. The molecular weight excluding hydrogens is 287 g/mol. The highest BCUT2D eigenvalue weighted by atomic mass is 19.4. The number of aliphatic hydroxyl groups is 1. The molecule has 5 nitrogen and oxygen atoms in total. The first kappa shape index (κ1) is 15.4. The maximum absolute atomic E-state index is 13.2. The molecule has 0 spiro atoms. The summed E-state index contributed by atoms with van der Waals surface area (Å²) in [4.78, 5) is 15.9. The summed E-state index contributed by atoms with van der Waals surface area (Å²) >= 11 is 0. The van der Waals surface area contributed by atoms with E-state index in [1.165, 1.54) is 24.5 Å². The summed E-state index contributed by atoms with van der Waals surface area (Å²) < 4.78 is 39.5. The number of hydrazone groups is 1. The number of hydrogen-bond acceptors (Lipinski definition) is 4. The zero-order valence-electron chi connectivity index (χ0n) is 11.3. The van der Waals surface area contributed by atoms with Gasteiger partial charge in [-0.05, 0) is 18.6 Å². The van der Waals surface area contributed by atoms with Gasteiger partial charge in [-0.3, -0.25) is 9.78 Å². The van der Waals surface area contributed by atoms with Crippen LogP contribution in [0, 0.1) is 0 Å².